The molecule has 3 rings (SSSR count). The van der Waals surface area contributed by atoms with Gasteiger partial charge in [0.2, 0.25) is 5.91 Å². The second-order valence-corrected chi connectivity index (χ2v) is 4.82. The number of amides is 1. The van der Waals surface area contributed by atoms with E-state index >= 15 is 0 Å². The van der Waals surface area contributed by atoms with Crippen LogP contribution in [-0.2, 0) is 11.3 Å². The largest absolute Gasteiger partial charge is 0.352 e. The Morgan fingerprint density at radius 3 is 2.89 bits per heavy atom. The Hall–Kier alpha value is -2.17. The van der Waals surface area contributed by atoms with Crippen LogP contribution in [0.25, 0.3) is 5.82 Å². The summed E-state index contributed by atoms with van der Waals surface area (Å²) in [7, 11) is 0. The number of carbonyl (C=O) groups excluding carboxylic acids is 1. The number of pyridine rings is 1. The van der Waals surface area contributed by atoms with Crippen molar-refractivity contribution < 1.29 is 4.79 Å². The van der Waals surface area contributed by atoms with Gasteiger partial charge in [0.1, 0.15) is 0 Å². The van der Waals surface area contributed by atoms with E-state index in [0.717, 1.165) is 24.2 Å². The van der Waals surface area contributed by atoms with Gasteiger partial charge in [-0.2, -0.15) is 5.10 Å². The standard InChI is InChI=1S/C14H16N4O/c19-14(12-3-1-4-12)16-10-11-5-6-13(15-9-11)18-8-2-7-17-18/h2,5-9,12H,1,3-4,10H2,(H,16,19). The van der Waals surface area contributed by atoms with Crippen LogP contribution in [0.4, 0.5) is 0 Å². The number of rotatable bonds is 4. The summed E-state index contributed by atoms with van der Waals surface area (Å²) in [5.41, 5.74) is 1.00. The molecule has 0 saturated heterocycles. The number of hydrogen-bond donors (Lipinski definition) is 1. The Morgan fingerprint density at radius 2 is 2.32 bits per heavy atom. The first kappa shape index (κ1) is 11.9. The lowest BCUT2D eigenvalue weighted by molar-refractivity contribution is -0.127. The Bertz CT molecular complexity index is 543. The molecule has 2 heterocycles. The smallest absolute Gasteiger partial charge is 0.223 e. The molecule has 0 aliphatic heterocycles. The van der Waals surface area contributed by atoms with Gasteiger partial charge in [-0.1, -0.05) is 12.5 Å². The lowest BCUT2D eigenvalue weighted by Gasteiger charge is -2.23. The van der Waals surface area contributed by atoms with Crippen LogP contribution in [0.5, 0.6) is 0 Å². The molecule has 0 bridgehead atoms. The molecule has 0 spiro atoms. The van der Waals surface area contributed by atoms with E-state index < -0.39 is 0 Å². The van der Waals surface area contributed by atoms with Crippen LogP contribution >= 0.6 is 0 Å². The topological polar surface area (TPSA) is 59.8 Å². The molecule has 2 aromatic heterocycles. The lowest BCUT2D eigenvalue weighted by Crippen LogP contribution is -2.33. The predicted molar refractivity (Wildman–Crippen MR) is 70.5 cm³/mol. The molecule has 5 heteroatoms. The zero-order valence-corrected chi connectivity index (χ0v) is 10.6. The summed E-state index contributed by atoms with van der Waals surface area (Å²) in [6, 6.07) is 5.72. The van der Waals surface area contributed by atoms with Crippen molar-refractivity contribution in [3.63, 3.8) is 0 Å². The Balaban J connectivity index is 1.58. The number of carbonyl (C=O) groups is 1. The number of hydrogen-bond acceptors (Lipinski definition) is 3. The van der Waals surface area contributed by atoms with Gasteiger partial charge >= 0.3 is 0 Å². The number of aromatic nitrogens is 3. The second kappa shape index (κ2) is 5.22. The van der Waals surface area contributed by atoms with Gasteiger partial charge in [-0.3, -0.25) is 4.79 Å². The van der Waals surface area contributed by atoms with E-state index in [9.17, 15) is 4.79 Å². The van der Waals surface area contributed by atoms with E-state index in [-0.39, 0.29) is 11.8 Å². The third-order valence-electron chi connectivity index (χ3n) is 3.49. The Morgan fingerprint density at radius 1 is 1.42 bits per heavy atom. The molecule has 98 valence electrons. The molecule has 0 unspecified atom stereocenters. The first-order valence-electron chi connectivity index (χ1n) is 6.55. The molecule has 1 N–H and O–H groups in total. The molecule has 0 atom stereocenters. The molecule has 1 aliphatic carbocycles. The van der Waals surface area contributed by atoms with Gasteiger partial charge in [0.25, 0.3) is 0 Å². The van der Waals surface area contributed by atoms with E-state index in [1.807, 2.05) is 24.4 Å². The maximum absolute atomic E-state index is 11.7. The first-order chi connectivity index (χ1) is 9.33. The predicted octanol–water partition coefficient (Wildman–Crippen LogP) is 1.68. The Kier molecular flexibility index (Phi) is 3.27. The minimum atomic E-state index is 0.169. The highest BCUT2D eigenvalue weighted by Crippen LogP contribution is 2.26. The summed E-state index contributed by atoms with van der Waals surface area (Å²) in [4.78, 5) is 16.0. The monoisotopic (exact) mass is 256 g/mol. The first-order valence-corrected chi connectivity index (χ1v) is 6.55. The minimum absolute atomic E-state index is 0.169. The summed E-state index contributed by atoms with van der Waals surface area (Å²) in [6.07, 6.45) is 8.58. The van der Waals surface area contributed by atoms with Crippen molar-refractivity contribution in [3.8, 4) is 5.82 Å². The molecule has 1 amide bonds. The maximum atomic E-state index is 11.7. The van der Waals surface area contributed by atoms with Crippen LogP contribution in [0.1, 0.15) is 24.8 Å². The highest BCUT2D eigenvalue weighted by molar-refractivity contribution is 5.79. The van der Waals surface area contributed by atoms with Crippen LogP contribution in [0.2, 0.25) is 0 Å². The lowest BCUT2D eigenvalue weighted by atomic mass is 9.85. The summed E-state index contributed by atoms with van der Waals surface area (Å²) in [6.45, 7) is 0.543. The van der Waals surface area contributed by atoms with E-state index in [4.69, 9.17) is 0 Å². The van der Waals surface area contributed by atoms with Gasteiger partial charge in [-0.15, -0.1) is 0 Å². The van der Waals surface area contributed by atoms with Crippen LogP contribution < -0.4 is 5.32 Å². The van der Waals surface area contributed by atoms with Crippen molar-refractivity contribution >= 4 is 5.91 Å². The molecule has 2 aromatic rings. The zero-order valence-electron chi connectivity index (χ0n) is 10.6. The summed E-state index contributed by atoms with van der Waals surface area (Å²) in [5.74, 6) is 1.18. The molecule has 1 fully saturated rings. The van der Waals surface area contributed by atoms with Crippen molar-refractivity contribution in [2.75, 3.05) is 0 Å². The highest BCUT2D eigenvalue weighted by Gasteiger charge is 2.24. The third-order valence-corrected chi connectivity index (χ3v) is 3.49. The molecule has 1 aliphatic rings. The fraction of sp³-hybridized carbons (Fsp3) is 0.357. The van der Waals surface area contributed by atoms with Crippen molar-refractivity contribution in [3.05, 3.63) is 42.4 Å². The van der Waals surface area contributed by atoms with Gasteiger partial charge in [-0.25, -0.2) is 9.67 Å². The fourth-order valence-electron chi connectivity index (χ4n) is 2.07. The molecule has 0 aromatic carbocycles. The van der Waals surface area contributed by atoms with Gasteiger partial charge in [-0.05, 0) is 30.5 Å². The average molecular weight is 256 g/mol. The summed E-state index contributed by atoms with van der Waals surface area (Å²) in [5, 5.41) is 7.07. The zero-order chi connectivity index (χ0) is 13.1. The van der Waals surface area contributed by atoms with Crippen molar-refractivity contribution in [2.45, 2.75) is 25.8 Å². The number of nitrogens with zero attached hydrogens (tertiary/aromatic N) is 3. The van der Waals surface area contributed by atoms with E-state index in [1.54, 1.807) is 17.1 Å². The fourth-order valence-corrected chi connectivity index (χ4v) is 2.07. The van der Waals surface area contributed by atoms with E-state index in [0.29, 0.717) is 6.54 Å². The van der Waals surface area contributed by atoms with Crippen molar-refractivity contribution in [1.29, 1.82) is 0 Å². The summed E-state index contributed by atoms with van der Waals surface area (Å²) < 4.78 is 1.71. The van der Waals surface area contributed by atoms with Crippen LogP contribution in [-0.4, -0.2) is 20.7 Å². The SMILES string of the molecule is O=C(NCc1ccc(-n2cccn2)nc1)C1CCC1. The van der Waals surface area contributed by atoms with Gasteiger partial charge < -0.3 is 5.32 Å². The third kappa shape index (κ3) is 2.65. The number of nitrogens with one attached hydrogen (secondary N) is 1. The van der Waals surface area contributed by atoms with Crippen molar-refractivity contribution in [2.24, 2.45) is 5.92 Å². The Labute approximate surface area is 111 Å². The van der Waals surface area contributed by atoms with Gasteiger partial charge in [0.05, 0.1) is 0 Å². The molecule has 1 saturated carbocycles. The normalized spacial score (nSPS) is 14.9. The van der Waals surface area contributed by atoms with Crippen molar-refractivity contribution in [1.82, 2.24) is 20.1 Å². The molecular formula is C14H16N4O. The van der Waals surface area contributed by atoms with Gasteiger partial charge in [0, 0.05) is 31.1 Å². The van der Waals surface area contributed by atoms with E-state index in [1.165, 1.54) is 6.42 Å². The van der Waals surface area contributed by atoms with Crippen LogP contribution in [0.15, 0.2) is 36.8 Å². The van der Waals surface area contributed by atoms with Crippen LogP contribution in [0.3, 0.4) is 0 Å². The second-order valence-electron chi connectivity index (χ2n) is 4.82. The molecule has 0 radical (unpaired) electrons. The molecular weight excluding hydrogens is 240 g/mol. The molecule has 5 nitrogen and oxygen atoms in total. The van der Waals surface area contributed by atoms with Gasteiger partial charge in [0.15, 0.2) is 5.82 Å². The minimum Gasteiger partial charge on any atom is -0.352 e. The maximum Gasteiger partial charge on any atom is 0.223 e. The van der Waals surface area contributed by atoms with E-state index in [2.05, 4.69) is 15.4 Å². The average Bonchev–Trinajstić information content (AvgIpc) is 2.89. The molecule has 19 heavy (non-hydrogen) atoms. The highest BCUT2D eigenvalue weighted by atomic mass is 16.1. The van der Waals surface area contributed by atoms with Crippen LogP contribution in [0, 0.1) is 5.92 Å². The quantitative estimate of drug-likeness (QED) is 0.905. The summed E-state index contributed by atoms with van der Waals surface area (Å²) >= 11 is 0.